The summed E-state index contributed by atoms with van der Waals surface area (Å²) in [6, 6.07) is 6.32. The van der Waals surface area contributed by atoms with Crippen molar-refractivity contribution in [3.8, 4) is 0 Å². The molecule has 2 aromatic rings. The van der Waals surface area contributed by atoms with Gasteiger partial charge in [0.05, 0.1) is 27.3 Å². The van der Waals surface area contributed by atoms with Gasteiger partial charge < -0.3 is 25.1 Å². The molecule has 9 nitrogen and oxygen atoms in total. The van der Waals surface area contributed by atoms with E-state index in [0.717, 1.165) is 63.3 Å². The lowest BCUT2D eigenvalue weighted by Gasteiger charge is -2.47. The van der Waals surface area contributed by atoms with Gasteiger partial charge in [-0.1, -0.05) is 29.3 Å². The van der Waals surface area contributed by atoms with E-state index >= 15 is 0 Å². The Hall–Kier alpha value is -3.11. The predicted molar refractivity (Wildman–Crippen MR) is 171 cm³/mol. The van der Waals surface area contributed by atoms with E-state index in [-0.39, 0.29) is 24.6 Å². The SMILES string of the molecule is CC(=O)O.CC(=O)O.CN(C[C@@H](CCN1CC(N2CCC(O)CC2)C1)c1ccc(Cl)c(Cl)c1)C(=O)c1cc(C(F)(F)F)cc(C(F)(F)F)c1. The molecular formula is C32H39Cl2F6N3O6. The number of carboxylic acid groups (broad SMARTS) is 2. The van der Waals surface area contributed by atoms with Crippen LogP contribution in [0.15, 0.2) is 36.4 Å². The number of likely N-dealkylation sites (N-methyl/N-ethyl adjacent to an activating group) is 1. The van der Waals surface area contributed by atoms with Gasteiger partial charge in [-0.05, 0) is 61.7 Å². The molecule has 0 bridgehead atoms. The second kappa shape index (κ2) is 18.2. The first-order chi connectivity index (χ1) is 22.6. The van der Waals surface area contributed by atoms with Crippen LogP contribution in [0.1, 0.15) is 66.1 Å². The Morgan fingerprint density at radius 3 is 1.82 bits per heavy atom. The molecule has 2 saturated heterocycles. The molecule has 1 amide bonds. The van der Waals surface area contributed by atoms with Crippen molar-refractivity contribution >= 4 is 41.0 Å². The number of hydrogen-bond donors (Lipinski definition) is 3. The number of piperidine rings is 1. The summed E-state index contributed by atoms with van der Waals surface area (Å²) in [5, 5.41) is 25.2. The Morgan fingerprint density at radius 1 is 0.878 bits per heavy atom. The van der Waals surface area contributed by atoms with Crippen molar-refractivity contribution in [1.82, 2.24) is 14.7 Å². The smallest absolute Gasteiger partial charge is 0.416 e. The van der Waals surface area contributed by atoms with Gasteiger partial charge in [0.15, 0.2) is 0 Å². The van der Waals surface area contributed by atoms with Crippen LogP contribution in [0.4, 0.5) is 26.3 Å². The molecule has 2 aliphatic heterocycles. The van der Waals surface area contributed by atoms with E-state index in [0.29, 0.717) is 41.2 Å². The summed E-state index contributed by atoms with van der Waals surface area (Å²) in [6.07, 6.45) is -8.28. The first-order valence-electron chi connectivity index (χ1n) is 15.1. The van der Waals surface area contributed by atoms with Gasteiger partial charge in [-0.2, -0.15) is 26.3 Å². The molecule has 0 aromatic heterocycles. The topological polar surface area (TPSA) is 122 Å². The minimum Gasteiger partial charge on any atom is -0.481 e. The van der Waals surface area contributed by atoms with Gasteiger partial charge in [-0.3, -0.25) is 19.3 Å². The van der Waals surface area contributed by atoms with Crippen molar-refractivity contribution in [2.24, 2.45) is 0 Å². The fourth-order valence-electron chi connectivity index (χ4n) is 5.39. The van der Waals surface area contributed by atoms with Crippen molar-refractivity contribution in [3.63, 3.8) is 0 Å². The van der Waals surface area contributed by atoms with Gasteiger partial charge in [0, 0.05) is 71.1 Å². The first kappa shape index (κ1) is 42.1. The van der Waals surface area contributed by atoms with Crippen LogP contribution in [0, 0.1) is 0 Å². The number of likely N-dealkylation sites (tertiary alicyclic amines) is 2. The fourth-order valence-corrected chi connectivity index (χ4v) is 5.69. The number of carbonyl (C=O) groups excluding carboxylic acids is 1. The van der Waals surface area contributed by atoms with Crippen LogP contribution in [0.2, 0.25) is 10.0 Å². The second-order valence-electron chi connectivity index (χ2n) is 11.9. The molecular weight excluding hydrogens is 707 g/mol. The van der Waals surface area contributed by atoms with Gasteiger partial charge in [0.1, 0.15) is 0 Å². The lowest BCUT2D eigenvalue weighted by Crippen LogP contribution is -2.61. The molecule has 1 atom stereocenters. The van der Waals surface area contributed by atoms with Crippen LogP contribution in [0.3, 0.4) is 0 Å². The van der Waals surface area contributed by atoms with E-state index in [1.54, 1.807) is 18.2 Å². The molecule has 2 aromatic carbocycles. The molecule has 2 heterocycles. The molecule has 0 spiro atoms. The van der Waals surface area contributed by atoms with Gasteiger partial charge in [-0.15, -0.1) is 0 Å². The largest absolute Gasteiger partial charge is 0.481 e. The van der Waals surface area contributed by atoms with Crippen molar-refractivity contribution in [1.29, 1.82) is 0 Å². The Bertz CT molecular complexity index is 1380. The maximum Gasteiger partial charge on any atom is 0.416 e. The van der Waals surface area contributed by atoms with Gasteiger partial charge in [0.2, 0.25) is 0 Å². The molecule has 0 saturated carbocycles. The minimum absolute atomic E-state index is 0.00164. The van der Waals surface area contributed by atoms with Gasteiger partial charge in [-0.25, -0.2) is 0 Å². The minimum atomic E-state index is -5.06. The van der Waals surface area contributed by atoms with E-state index in [4.69, 9.17) is 43.0 Å². The summed E-state index contributed by atoms with van der Waals surface area (Å²) < 4.78 is 80.1. The van der Waals surface area contributed by atoms with E-state index in [1.807, 2.05) is 0 Å². The van der Waals surface area contributed by atoms with Gasteiger partial charge >= 0.3 is 12.4 Å². The number of carboxylic acids is 2. The first-order valence-corrected chi connectivity index (χ1v) is 15.9. The second-order valence-corrected chi connectivity index (χ2v) is 12.7. The Labute approximate surface area is 290 Å². The van der Waals surface area contributed by atoms with Crippen molar-refractivity contribution < 1.29 is 56.0 Å². The van der Waals surface area contributed by atoms with Gasteiger partial charge in [0.25, 0.3) is 17.8 Å². The number of carbonyl (C=O) groups is 3. The number of hydrogen-bond acceptors (Lipinski definition) is 6. The monoisotopic (exact) mass is 745 g/mol. The highest BCUT2D eigenvalue weighted by Crippen LogP contribution is 2.37. The summed E-state index contributed by atoms with van der Waals surface area (Å²) in [7, 11) is 1.35. The number of rotatable bonds is 8. The highest BCUT2D eigenvalue weighted by molar-refractivity contribution is 6.42. The number of aliphatic hydroxyl groups excluding tert-OH is 1. The lowest BCUT2D eigenvalue weighted by molar-refractivity contribution is -0.143. The third-order valence-corrected chi connectivity index (χ3v) is 8.58. The molecule has 3 N–H and O–H groups in total. The van der Waals surface area contributed by atoms with Crippen molar-refractivity contribution in [2.45, 2.75) is 63.5 Å². The number of alkyl halides is 6. The van der Waals surface area contributed by atoms with Crippen LogP contribution in [0.5, 0.6) is 0 Å². The molecule has 0 aliphatic carbocycles. The Kier molecular flexibility index (Phi) is 15.6. The van der Waals surface area contributed by atoms with Crippen LogP contribution in [0.25, 0.3) is 0 Å². The van der Waals surface area contributed by atoms with Crippen LogP contribution in [-0.2, 0) is 21.9 Å². The van der Waals surface area contributed by atoms with E-state index in [1.165, 1.54) is 7.05 Å². The number of nitrogens with zero attached hydrogens (tertiary/aromatic N) is 3. The summed E-state index contributed by atoms with van der Waals surface area (Å²) in [4.78, 5) is 36.9. The number of aliphatic hydroxyl groups is 1. The average Bonchev–Trinajstić information content (AvgIpc) is 2.96. The van der Waals surface area contributed by atoms with Crippen molar-refractivity contribution in [3.05, 3.63) is 68.7 Å². The van der Waals surface area contributed by atoms with Crippen molar-refractivity contribution in [2.75, 3.05) is 46.3 Å². The maximum atomic E-state index is 13.3. The van der Waals surface area contributed by atoms with Crippen LogP contribution in [-0.4, -0.2) is 106 Å². The molecule has 274 valence electrons. The molecule has 0 radical (unpaired) electrons. The zero-order valence-corrected chi connectivity index (χ0v) is 28.5. The van der Waals surface area contributed by atoms with E-state index in [9.17, 15) is 36.2 Å². The fraction of sp³-hybridized carbons (Fsp3) is 0.531. The zero-order valence-electron chi connectivity index (χ0n) is 27.0. The Balaban J connectivity index is 0.000000939. The average molecular weight is 747 g/mol. The number of aliphatic carboxylic acids is 2. The molecule has 0 unspecified atom stereocenters. The van der Waals surface area contributed by atoms with Crippen LogP contribution < -0.4 is 0 Å². The number of benzene rings is 2. The summed E-state index contributed by atoms with van der Waals surface area (Å²) >= 11 is 12.3. The Morgan fingerprint density at radius 2 is 1.37 bits per heavy atom. The maximum absolute atomic E-state index is 13.3. The summed E-state index contributed by atoms with van der Waals surface area (Å²) in [5.41, 5.74) is -3.03. The summed E-state index contributed by atoms with van der Waals surface area (Å²) in [6.45, 7) is 6.28. The normalized spacial score (nSPS) is 16.7. The molecule has 4 rings (SSSR count). The third kappa shape index (κ3) is 14.0. The highest BCUT2D eigenvalue weighted by Gasteiger charge is 2.38. The third-order valence-electron chi connectivity index (χ3n) is 7.84. The summed E-state index contributed by atoms with van der Waals surface area (Å²) in [5.74, 6) is -2.93. The standard InChI is InChI=1S/C28H31Cl2F6N3O2.2C2H4O2/c1-37(26(41)19-10-20(27(31,32)33)13-21(11-19)28(34,35)36)14-18(17-2-3-24(29)25(30)12-17)4-7-38-15-22(16-38)39-8-5-23(40)6-9-39;2*1-2(3)4/h2-3,10-13,18,22-23,40H,4-9,14-16H2,1H3;2*1H3,(H,3,4)/t18-;;/m1../s1. The van der Waals surface area contributed by atoms with Crippen LogP contribution >= 0.6 is 23.2 Å². The predicted octanol–water partition coefficient (Wildman–Crippen LogP) is 6.60. The molecule has 2 fully saturated rings. The van der Waals surface area contributed by atoms with E-state index < -0.39 is 46.9 Å². The molecule has 49 heavy (non-hydrogen) atoms. The molecule has 17 heteroatoms. The number of halogens is 8. The molecule has 2 aliphatic rings. The zero-order chi connectivity index (χ0) is 37.3. The van der Waals surface area contributed by atoms with E-state index in [2.05, 4.69) is 9.80 Å². The highest BCUT2D eigenvalue weighted by atomic mass is 35.5. The number of amides is 1. The quantitative estimate of drug-likeness (QED) is 0.259. The lowest BCUT2D eigenvalue weighted by atomic mass is 9.93.